The Morgan fingerprint density at radius 2 is 1.88 bits per heavy atom. The number of rotatable bonds is 7. The minimum absolute atomic E-state index is 0.109. The number of imidazole rings is 1. The maximum atomic E-state index is 11.3. The van der Waals surface area contributed by atoms with Crippen LogP contribution in [0.1, 0.15) is 37.0 Å². The second kappa shape index (κ2) is 8.19. The minimum Gasteiger partial charge on any atom is -0.481 e. The van der Waals surface area contributed by atoms with Gasteiger partial charge in [0.05, 0.1) is 17.9 Å². The monoisotopic (exact) mass is 367 g/mol. The molecule has 2 heterocycles. The molecule has 0 saturated heterocycles. The summed E-state index contributed by atoms with van der Waals surface area (Å²) >= 11 is 1.62. The van der Waals surface area contributed by atoms with E-state index in [0.29, 0.717) is 12.4 Å². The summed E-state index contributed by atoms with van der Waals surface area (Å²) in [6.07, 6.45) is 1.64. The van der Waals surface area contributed by atoms with E-state index >= 15 is 0 Å². The molecule has 0 aliphatic heterocycles. The van der Waals surface area contributed by atoms with Crippen LogP contribution in [0.5, 0.6) is 0 Å². The van der Waals surface area contributed by atoms with Crippen LogP contribution in [-0.2, 0) is 17.8 Å². The number of aliphatic carboxylic acids is 1. The van der Waals surface area contributed by atoms with Gasteiger partial charge in [0.15, 0.2) is 0 Å². The Morgan fingerprint density at radius 1 is 1.15 bits per heavy atom. The van der Waals surface area contributed by atoms with Crippen LogP contribution in [-0.4, -0.2) is 25.6 Å². The number of carboxylic acids is 1. The molecule has 0 radical (unpaired) electrons. The predicted octanol–water partition coefficient (Wildman–Crippen LogP) is 4.23. The largest absolute Gasteiger partial charge is 0.481 e. The highest BCUT2D eigenvalue weighted by Crippen LogP contribution is 2.35. The van der Waals surface area contributed by atoms with Gasteiger partial charge in [0, 0.05) is 11.1 Å². The molecule has 26 heavy (non-hydrogen) atoms. The molecule has 0 spiro atoms. The molecular weight excluding hydrogens is 346 g/mol. The van der Waals surface area contributed by atoms with Crippen LogP contribution < -0.4 is 0 Å². The summed E-state index contributed by atoms with van der Waals surface area (Å²) in [6.45, 7) is 4.65. The molecule has 5 nitrogen and oxygen atoms in total. The fourth-order valence-electron chi connectivity index (χ4n) is 2.67. The van der Waals surface area contributed by atoms with Crippen LogP contribution in [0.15, 0.2) is 64.6 Å². The summed E-state index contributed by atoms with van der Waals surface area (Å²) in [5, 5.41) is 10.3. The molecule has 0 unspecified atom stereocenters. The Kier molecular flexibility index (Phi) is 5.73. The Balaban J connectivity index is 2.08. The first-order valence-corrected chi connectivity index (χ1v) is 9.30. The molecule has 2 aromatic heterocycles. The highest BCUT2D eigenvalue weighted by molar-refractivity contribution is 7.99. The van der Waals surface area contributed by atoms with Crippen molar-refractivity contribution < 1.29 is 9.90 Å². The second-order valence-corrected chi connectivity index (χ2v) is 7.33. The molecule has 6 heteroatoms. The number of pyridine rings is 1. The number of hydrogen-bond donors (Lipinski definition) is 1. The zero-order chi connectivity index (χ0) is 18.5. The molecule has 0 atom stereocenters. The number of aromatic nitrogens is 3. The van der Waals surface area contributed by atoms with Gasteiger partial charge in [-0.15, -0.1) is 0 Å². The van der Waals surface area contributed by atoms with E-state index in [2.05, 4.69) is 23.8 Å². The van der Waals surface area contributed by atoms with Gasteiger partial charge in [0.2, 0.25) is 0 Å². The summed E-state index contributed by atoms with van der Waals surface area (Å²) in [5.74, 6) is -0.132. The van der Waals surface area contributed by atoms with Crippen molar-refractivity contribution >= 4 is 17.7 Å². The van der Waals surface area contributed by atoms with Crippen LogP contribution in [0.2, 0.25) is 0 Å². The molecule has 0 saturated carbocycles. The molecule has 134 valence electrons. The minimum atomic E-state index is -0.885. The summed E-state index contributed by atoms with van der Waals surface area (Å²) < 4.78 is 1.99. The number of carboxylic acid groups (broad SMARTS) is 1. The van der Waals surface area contributed by atoms with E-state index in [9.17, 15) is 9.90 Å². The maximum Gasteiger partial charge on any atom is 0.311 e. The van der Waals surface area contributed by atoms with E-state index in [0.717, 1.165) is 21.3 Å². The summed E-state index contributed by atoms with van der Waals surface area (Å²) in [6, 6.07) is 15.8. The number of carbonyl (C=O) groups is 1. The molecule has 0 bridgehead atoms. The van der Waals surface area contributed by atoms with E-state index in [1.165, 1.54) is 0 Å². The van der Waals surface area contributed by atoms with Crippen LogP contribution in [0.4, 0.5) is 0 Å². The number of nitrogens with zero attached hydrogens (tertiary/aromatic N) is 3. The summed E-state index contributed by atoms with van der Waals surface area (Å²) in [7, 11) is 0. The van der Waals surface area contributed by atoms with Crippen molar-refractivity contribution in [3.05, 3.63) is 71.9 Å². The Hall–Kier alpha value is -2.60. The normalized spacial score (nSPS) is 11.0. The van der Waals surface area contributed by atoms with E-state index in [1.54, 1.807) is 18.0 Å². The molecule has 0 fully saturated rings. The quantitative estimate of drug-likeness (QED) is 0.677. The van der Waals surface area contributed by atoms with Crippen molar-refractivity contribution in [2.24, 2.45) is 0 Å². The third-order valence-corrected chi connectivity index (χ3v) is 5.02. The fourth-order valence-corrected chi connectivity index (χ4v) is 3.86. The lowest BCUT2D eigenvalue weighted by atomic mass is 10.1. The van der Waals surface area contributed by atoms with Gasteiger partial charge in [0.1, 0.15) is 17.3 Å². The standard InChI is InChI=1S/C20H21N3O2S/c1-14(2)19-20(26-16-9-4-3-5-10-16)23(17(22-19)12-18(24)25)13-15-8-6-7-11-21-15/h3-11,14H,12-13H2,1-2H3,(H,24,25). The summed E-state index contributed by atoms with van der Waals surface area (Å²) in [5.41, 5.74) is 1.80. The highest BCUT2D eigenvalue weighted by atomic mass is 32.2. The van der Waals surface area contributed by atoms with E-state index in [-0.39, 0.29) is 12.3 Å². The van der Waals surface area contributed by atoms with Crippen molar-refractivity contribution in [1.82, 2.24) is 14.5 Å². The maximum absolute atomic E-state index is 11.3. The van der Waals surface area contributed by atoms with Crippen molar-refractivity contribution in [1.29, 1.82) is 0 Å². The molecule has 1 aromatic carbocycles. The molecule has 3 aromatic rings. The smallest absolute Gasteiger partial charge is 0.311 e. The average Bonchev–Trinajstić information content (AvgIpc) is 2.94. The number of benzene rings is 1. The average molecular weight is 367 g/mol. The lowest BCUT2D eigenvalue weighted by Gasteiger charge is -2.12. The lowest BCUT2D eigenvalue weighted by Crippen LogP contribution is -2.11. The number of hydrogen-bond acceptors (Lipinski definition) is 4. The van der Waals surface area contributed by atoms with Crippen LogP contribution in [0.3, 0.4) is 0 Å². The van der Waals surface area contributed by atoms with Crippen LogP contribution in [0.25, 0.3) is 0 Å². The van der Waals surface area contributed by atoms with Gasteiger partial charge in [-0.3, -0.25) is 9.78 Å². The SMILES string of the molecule is CC(C)c1nc(CC(=O)O)n(Cc2ccccn2)c1Sc1ccccc1. The lowest BCUT2D eigenvalue weighted by molar-refractivity contribution is -0.136. The molecule has 3 rings (SSSR count). The van der Waals surface area contributed by atoms with E-state index < -0.39 is 5.97 Å². The van der Waals surface area contributed by atoms with Crippen LogP contribution in [0, 0.1) is 0 Å². The first-order valence-electron chi connectivity index (χ1n) is 8.48. The molecular formula is C20H21N3O2S. The first kappa shape index (κ1) is 18.2. The third kappa shape index (κ3) is 4.32. The molecule has 0 aliphatic carbocycles. The summed E-state index contributed by atoms with van der Waals surface area (Å²) in [4.78, 5) is 21.5. The van der Waals surface area contributed by atoms with Gasteiger partial charge in [-0.05, 0) is 30.2 Å². The van der Waals surface area contributed by atoms with Gasteiger partial charge in [-0.1, -0.05) is 49.9 Å². The van der Waals surface area contributed by atoms with Crippen molar-refractivity contribution in [3.8, 4) is 0 Å². The van der Waals surface area contributed by atoms with E-state index in [4.69, 9.17) is 0 Å². The first-order chi connectivity index (χ1) is 12.5. The fraction of sp³-hybridized carbons (Fsp3) is 0.250. The Bertz CT molecular complexity index is 877. The molecule has 0 aliphatic rings. The van der Waals surface area contributed by atoms with Gasteiger partial charge >= 0.3 is 5.97 Å². The van der Waals surface area contributed by atoms with Crippen LogP contribution >= 0.6 is 11.8 Å². The second-order valence-electron chi connectivity index (χ2n) is 6.27. The zero-order valence-electron chi connectivity index (χ0n) is 14.8. The Labute approximate surface area is 157 Å². The van der Waals surface area contributed by atoms with Crippen molar-refractivity contribution in [3.63, 3.8) is 0 Å². The zero-order valence-corrected chi connectivity index (χ0v) is 15.6. The highest BCUT2D eigenvalue weighted by Gasteiger charge is 2.22. The van der Waals surface area contributed by atoms with Crippen molar-refractivity contribution in [2.75, 3.05) is 0 Å². The third-order valence-electron chi connectivity index (χ3n) is 3.89. The molecule has 0 amide bonds. The molecule has 1 N–H and O–H groups in total. The Morgan fingerprint density at radius 3 is 2.50 bits per heavy atom. The van der Waals surface area contributed by atoms with Gasteiger partial charge < -0.3 is 9.67 Å². The predicted molar refractivity (Wildman–Crippen MR) is 102 cm³/mol. The van der Waals surface area contributed by atoms with Gasteiger partial charge in [-0.25, -0.2) is 4.98 Å². The van der Waals surface area contributed by atoms with E-state index in [1.807, 2.05) is 53.1 Å². The van der Waals surface area contributed by atoms with Crippen molar-refractivity contribution in [2.45, 2.75) is 42.7 Å². The topological polar surface area (TPSA) is 68.0 Å². The van der Waals surface area contributed by atoms with Gasteiger partial charge in [0.25, 0.3) is 0 Å². The van der Waals surface area contributed by atoms with Gasteiger partial charge in [-0.2, -0.15) is 0 Å².